The Morgan fingerprint density at radius 1 is 1.29 bits per heavy atom. The van der Waals surface area contributed by atoms with E-state index in [1.807, 2.05) is 24.4 Å². The highest BCUT2D eigenvalue weighted by atomic mass is 16.4. The predicted molar refractivity (Wildman–Crippen MR) is 75.5 cm³/mol. The maximum atomic E-state index is 11.9. The Kier molecular flexibility index (Phi) is 4.21. The van der Waals surface area contributed by atoms with Crippen molar-refractivity contribution < 1.29 is 14.7 Å². The van der Waals surface area contributed by atoms with Gasteiger partial charge < -0.3 is 10.4 Å². The van der Waals surface area contributed by atoms with Gasteiger partial charge in [0.25, 0.3) is 0 Å². The maximum absolute atomic E-state index is 11.9. The monoisotopic (exact) mass is 290 g/mol. The number of aliphatic carboxylic acids is 1. The molecule has 1 amide bonds. The van der Waals surface area contributed by atoms with Gasteiger partial charge in [-0.3, -0.25) is 14.0 Å². The van der Waals surface area contributed by atoms with E-state index in [9.17, 15) is 9.59 Å². The van der Waals surface area contributed by atoms with Gasteiger partial charge in [0.2, 0.25) is 5.91 Å². The quantitative estimate of drug-likeness (QED) is 0.834. The molecule has 0 unspecified atom stereocenters. The first-order chi connectivity index (χ1) is 9.87. The number of carbonyl (C=O) groups is 2. The molecule has 0 spiro atoms. The van der Waals surface area contributed by atoms with E-state index < -0.39 is 11.4 Å². The van der Waals surface area contributed by atoms with Crippen LogP contribution >= 0.6 is 0 Å². The maximum Gasteiger partial charge on any atom is 0.303 e. The molecule has 2 rings (SSSR count). The molecule has 2 heterocycles. The summed E-state index contributed by atoms with van der Waals surface area (Å²) < 4.78 is 1.79. The van der Waals surface area contributed by atoms with Crippen LogP contribution < -0.4 is 5.32 Å². The normalized spacial score (nSPS) is 11.5. The van der Waals surface area contributed by atoms with Crippen molar-refractivity contribution >= 4 is 17.5 Å². The minimum atomic E-state index is -0.906. The number of fused-ring (bicyclic) bond motifs is 1. The number of hydrogen-bond donors (Lipinski definition) is 2. The van der Waals surface area contributed by atoms with E-state index in [0.29, 0.717) is 11.5 Å². The number of nitrogens with zero attached hydrogens (tertiary/aromatic N) is 3. The summed E-state index contributed by atoms with van der Waals surface area (Å²) in [7, 11) is 0. The van der Waals surface area contributed by atoms with Crippen LogP contribution in [0.4, 0.5) is 0 Å². The summed E-state index contributed by atoms with van der Waals surface area (Å²) in [6.45, 7) is 3.77. The zero-order valence-corrected chi connectivity index (χ0v) is 12.0. The number of carboxylic acid groups (broad SMARTS) is 1. The van der Waals surface area contributed by atoms with Crippen molar-refractivity contribution in [2.75, 3.05) is 0 Å². The van der Waals surface area contributed by atoms with Crippen molar-refractivity contribution in [3.05, 3.63) is 30.2 Å². The molecule has 0 fully saturated rings. The van der Waals surface area contributed by atoms with Crippen LogP contribution in [-0.4, -0.2) is 31.6 Å². The molecule has 21 heavy (non-hydrogen) atoms. The van der Waals surface area contributed by atoms with E-state index in [4.69, 9.17) is 5.11 Å². The van der Waals surface area contributed by atoms with Crippen molar-refractivity contribution in [2.24, 2.45) is 5.41 Å². The molecule has 0 atom stereocenters. The van der Waals surface area contributed by atoms with Crippen molar-refractivity contribution in [1.29, 1.82) is 0 Å². The lowest BCUT2D eigenvalue weighted by atomic mass is 9.85. The van der Waals surface area contributed by atoms with Crippen LogP contribution in [0.25, 0.3) is 5.65 Å². The van der Waals surface area contributed by atoms with Gasteiger partial charge in [0.05, 0.1) is 13.0 Å². The second kappa shape index (κ2) is 5.90. The molecule has 0 saturated heterocycles. The Hall–Kier alpha value is -2.44. The first kappa shape index (κ1) is 15.0. The van der Waals surface area contributed by atoms with Gasteiger partial charge >= 0.3 is 5.97 Å². The Labute approximate surface area is 122 Å². The topological polar surface area (TPSA) is 96.6 Å². The smallest absolute Gasteiger partial charge is 0.303 e. The van der Waals surface area contributed by atoms with Crippen molar-refractivity contribution in [3.63, 3.8) is 0 Å². The highest BCUT2D eigenvalue weighted by Gasteiger charge is 2.25. The number of aromatic nitrogens is 3. The third-order valence-electron chi connectivity index (χ3n) is 3.10. The first-order valence-electron chi connectivity index (χ1n) is 6.64. The molecule has 0 radical (unpaired) electrons. The van der Waals surface area contributed by atoms with Crippen LogP contribution in [0, 0.1) is 5.41 Å². The highest BCUT2D eigenvalue weighted by molar-refractivity contribution is 5.77. The Morgan fingerprint density at radius 2 is 2.05 bits per heavy atom. The van der Waals surface area contributed by atoms with Crippen LogP contribution in [0.1, 0.15) is 32.5 Å². The summed E-state index contributed by atoms with van der Waals surface area (Å²) in [5.41, 5.74) is 0.135. The fourth-order valence-electron chi connectivity index (χ4n) is 2.16. The third kappa shape index (κ3) is 4.01. The van der Waals surface area contributed by atoms with Gasteiger partial charge in [0.15, 0.2) is 11.5 Å². The van der Waals surface area contributed by atoms with Crippen molar-refractivity contribution in [2.45, 2.75) is 33.2 Å². The van der Waals surface area contributed by atoms with Crippen LogP contribution in [-0.2, 0) is 16.1 Å². The standard InChI is InChI=1S/C14H18N4O3/c1-14(2,8-13(20)21)7-12(19)15-9-11-17-16-10-5-3-4-6-18(10)11/h3-6H,7-9H2,1-2H3,(H,15,19)(H,20,21). The second-order valence-electron chi connectivity index (χ2n) is 5.73. The van der Waals surface area contributed by atoms with Crippen LogP contribution in [0.3, 0.4) is 0 Å². The summed E-state index contributed by atoms with van der Waals surface area (Å²) in [6, 6.07) is 5.55. The Balaban J connectivity index is 1.94. The van der Waals surface area contributed by atoms with Gasteiger partial charge in [0, 0.05) is 12.6 Å². The predicted octanol–water partition coefficient (Wildman–Crippen LogP) is 1.24. The lowest BCUT2D eigenvalue weighted by Gasteiger charge is -2.21. The van der Waals surface area contributed by atoms with Gasteiger partial charge in [-0.2, -0.15) is 0 Å². The lowest BCUT2D eigenvalue weighted by Crippen LogP contribution is -2.30. The number of carboxylic acids is 1. The number of rotatable bonds is 6. The van der Waals surface area contributed by atoms with Crippen LogP contribution in [0.5, 0.6) is 0 Å². The van der Waals surface area contributed by atoms with Gasteiger partial charge in [0.1, 0.15) is 0 Å². The molecule has 7 heteroatoms. The molecule has 7 nitrogen and oxygen atoms in total. The Bertz CT molecular complexity index is 663. The van der Waals surface area contributed by atoms with Gasteiger partial charge in [-0.15, -0.1) is 10.2 Å². The van der Waals surface area contributed by atoms with E-state index in [2.05, 4.69) is 15.5 Å². The zero-order valence-electron chi connectivity index (χ0n) is 12.0. The third-order valence-corrected chi connectivity index (χ3v) is 3.10. The van der Waals surface area contributed by atoms with Gasteiger partial charge in [-0.25, -0.2) is 0 Å². The number of amides is 1. The van der Waals surface area contributed by atoms with Crippen LogP contribution in [0.15, 0.2) is 24.4 Å². The van der Waals surface area contributed by atoms with E-state index in [1.165, 1.54) is 0 Å². The summed E-state index contributed by atoms with van der Waals surface area (Å²) in [5.74, 6) is -0.472. The average Bonchev–Trinajstić information content (AvgIpc) is 2.77. The SMILES string of the molecule is CC(C)(CC(=O)O)CC(=O)NCc1nnc2ccccn12. The fourth-order valence-corrected chi connectivity index (χ4v) is 2.16. The largest absolute Gasteiger partial charge is 0.481 e. The van der Waals surface area contributed by atoms with Crippen molar-refractivity contribution in [3.8, 4) is 0 Å². The molecule has 0 saturated carbocycles. The molecular weight excluding hydrogens is 272 g/mol. The molecule has 0 aliphatic heterocycles. The molecule has 0 aliphatic carbocycles. The van der Waals surface area contributed by atoms with Gasteiger partial charge in [-0.05, 0) is 17.5 Å². The molecule has 2 aromatic rings. The van der Waals surface area contributed by atoms with E-state index in [1.54, 1.807) is 18.2 Å². The average molecular weight is 290 g/mol. The zero-order chi connectivity index (χ0) is 15.5. The molecule has 2 N–H and O–H groups in total. The molecular formula is C14H18N4O3. The highest BCUT2D eigenvalue weighted by Crippen LogP contribution is 2.24. The minimum absolute atomic E-state index is 0.0473. The Morgan fingerprint density at radius 3 is 2.76 bits per heavy atom. The van der Waals surface area contributed by atoms with Crippen LogP contribution in [0.2, 0.25) is 0 Å². The summed E-state index contributed by atoms with van der Waals surface area (Å²) in [5, 5.41) is 19.6. The number of carbonyl (C=O) groups excluding carboxylic acids is 1. The van der Waals surface area contributed by atoms with E-state index >= 15 is 0 Å². The summed E-state index contributed by atoms with van der Waals surface area (Å²) >= 11 is 0. The second-order valence-corrected chi connectivity index (χ2v) is 5.73. The van der Waals surface area contributed by atoms with E-state index in [0.717, 1.165) is 0 Å². The fraction of sp³-hybridized carbons (Fsp3) is 0.429. The summed E-state index contributed by atoms with van der Waals surface area (Å²) in [6.07, 6.45) is 1.93. The molecule has 112 valence electrons. The first-order valence-corrected chi connectivity index (χ1v) is 6.64. The molecule has 0 bridgehead atoms. The molecule has 0 aromatic carbocycles. The van der Waals surface area contributed by atoms with E-state index in [-0.39, 0.29) is 25.3 Å². The molecule has 2 aromatic heterocycles. The molecule has 0 aliphatic rings. The number of hydrogen-bond acceptors (Lipinski definition) is 4. The lowest BCUT2D eigenvalue weighted by molar-refractivity contribution is -0.139. The number of nitrogens with one attached hydrogen (secondary N) is 1. The van der Waals surface area contributed by atoms with Crippen molar-refractivity contribution in [1.82, 2.24) is 19.9 Å². The van der Waals surface area contributed by atoms with Gasteiger partial charge in [-0.1, -0.05) is 19.9 Å². The number of pyridine rings is 1. The minimum Gasteiger partial charge on any atom is -0.481 e. The summed E-state index contributed by atoms with van der Waals surface area (Å²) in [4.78, 5) is 22.6.